The van der Waals surface area contributed by atoms with Crippen molar-refractivity contribution >= 4 is 11.0 Å². The lowest BCUT2D eigenvalue weighted by molar-refractivity contribution is 0.526. The second-order valence-corrected chi connectivity index (χ2v) is 3.45. The van der Waals surface area contributed by atoms with Crippen molar-refractivity contribution in [3.8, 4) is 0 Å². The number of nitrogens with two attached hydrogens (primary N) is 1. The third-order valence-electron chi connectivity index (χ3n) is 2.44. The molecule has 4 heteroatoms. The maximum atomic E-state index is 5.53. The van der Waals surface area contributed by atoms with E-state index in [1.165, 1.54) is 0 Å². The van der Waals surface area contributed by atoms with Gasteiger partial charge in [0.25, 0.3) is 0 Å². The normalized spacial score (nSPS) is 13.3. The van der Waals surface area contributed by atoms with E-state index in [0.717, 1.165) is 17.5 Å². The van der Waals surface area contributed by atoms with E-state index in [-0.39, 0.29) is 0 Å². The highest BCUT2D eigenvalue weighted by Crippen LogP contribution is 2.18. The minimum atomic E-state index is 0.396. The highest BCUT2D eigenvalue weighted by Gasteiger charge is 2.07. The third kappa shape index (κ3) is 1.48. The van der Waals surface area contributed by atoms with Crippen molar-refractivity contribution in [3.05, 3.63) is 24.8 Å². The molecule has 4 nitrogen and oxygen atoms in total. The lowest BCUT2D eigenvalue weighted by Gasteiger charge is -2.12. The van der Waals surface area contributed by atoms with Crippen molar-refractivity contribution in [2.45, 2.75) is 19.4 Å². The summed E-state index contributed by atoms with van der Waals surface area (Å²) in [6, 6.07) is 2.43. The molecular formula is C10H14N4. The van der Waals surface area contributed by atoms with Crippen LogP contribution in [0.2, 0.25) is 0 Å². The standard InChI is InChI=1S/C10H14N4/c1-8(2-4-11)14-5-3-9-6-12-7-13-10(9)14/h3,5-8H,2,4,11H2,1H3. The van der Waals surface area contributed by atoms with Gasteiger partial charge in [-0.15, -0.1) is 0 Å². The van der Waals surface area contributed by atoms with Gasteiger partial charge in [0.05, 0.1) is 0 Å². The summed E-state index contributed by atoms with van der Waals surface area (Å²) in [5.74, 6) is 0. The van der Waals surface area contributed by atoms with Gasteiger partial charge in [0.1, 0.15) is 12.0 Å². The molecule has 0 radical (unpaired) electrons. The van der Waals surface area contributed by atoms with E-state index in [9.17, 15) is 0 Å². The van der Waals surface area contributed by atoms with Crippen LogP contribution in [0, 0.1) is 0 Å². The Morgan fingerprint density at radius 1 is 1.57 bits per heavy atom. The maximum absolute atomic E-state index is 5.53. The first-order chi connectivity index (χ1) is 6.83. The van der Waals surface area contributed by atoms with Gasteiger partial charge in [0, 0.05) is 23.8 Å². The van der Waals surface area contributed by atoms with Crippen molar-refractivity contribution in [2.75, 3.05) is 6.54 Å². The first-order valence-electron chi connectivity index (χ1n) is 4.79. The average Bonchev–Trinajstić information content (AvgIpc) is 2.61. The van der Waals surface area contributed by atoms with Crippen molar-refractivity contribution in [1.82, 2.24) is 14.5 Å². The fraction of sp³-hybridized carbons (Fsp3) is 0.400. The lowest BCUT2D eigenvalue weighted by atomic mass is 10.2. The fourth-order valence-corrected chi connectivity index (χ4v) is 1.63. The van der Waals surface area contributed by atoms with Crippen LogP contribution in [0.3, 0.4) is 0 Å². The van der Waals surface area contributed by atoms with Crippen LogP contribution in [0.15, 0.2) is 24.8 Å². The molecule has 0 fully saturated rings. The summed E-state index contributed by atoms with van der Waals surface area (Å²) in [7, 11) is 0. The molecule has 2 heterocycles. The van der Waals surface area contributed by atoms with E-state index < -0.39 is 0 Å². The Kier molecular flexibility index (Phi) is 2.45. The third-order valence-corrected chi connectivity index (χ3v) is 2.44. The minimum Gasteiger partial charge on any atom is -0.330 e. The molecule has 2 N–H and O–H groups in total. The molecule has 14 heavy (non-hydrogen) atoms. The van der Waals surface area contributed by atoms with E-state index in [0.29, 0.717) is 12.6 Å². The predicted molar refractivity (Wildman–Crippen MR) is 55.9 cm³/mol. The SMILES string of the molecule is CC(CCN)n1ccc2cncnc21. The van der Waals surface area contributed by atoms with Gasteiger partial charge in [-0.3, -0.25) is 0 Å². The van der Waals surface area contributed by atoms with E-state index >= 15 is 0 Å². The van der Waals surface area contributed by atoms with Gasteiger partial charge >= 0.3 is 0 Å². The molecular weight excluding hydrogens is 176 g/mol. The quantitative estimate of drug-likeness (QED) is 0.794. The molecule has 0 aromatic carbocycles. The Morgan fingerprint density at radius 3 is 3.21 bits per heavy atom. The zero-order valence-electron chi connectivity index (χ0n) is 8.22. The average molecular weight is 190 g/mol. The smallest absolute Gasteiger partial charge is 0.143 e. The van der Waals surface area contributed by atoms with Gasteiger partial charge in [0.15, 0.2) is 0 Å². The molecule has 0 spiro atoms. The first kappa shape index (κ1) is 9.15. The number of fused-ring (bicyclic) bond motifs is 1. The molecule has 0 bridgehead atoms. The van der Waals surface area contributed by atoms with Gasteiger partial charge in [-0.2, -0.15) is 0 Å². The van der Waals surface area contributed by atoms with Crippen molar-refractivity contribution in [3.63, 3.8) is 0 Å². The molecule has 74 valence electrons. The van der Waals surface area contributed by atoms with E-state index in [1.807, 2.05) is 18.5 Å². The van der Waals surface area contributed by atoms with Crippen molar-refractivity contribution < 1.29 is 0 Å². The van der Waals surface area contributed by atoms with Gasteiger partial charge in [-0.1, -0.05) is 0 Å². The Balaban J connectivity index is 2.42. The van der Waals surface area contributed by atoms with Gasteiger partial charge in [0.2, 0.25) is 0 Å². The van der Waals surface area contributed by atoms with Gasteiger partial charge in [-0.25, -0.2) is 9.97 Å². The van der Waals surface area contributed by atoms with E-state index in [2.05, 4.69) is 21.5 Å². The topological polar surface area (TPSA) is 56.7 Å². The number of hydrogen-bond donors (Lipinski definition) is 1. The summed E-state index contributed by atoms with van der Waals surface area (Å²) in [6.45, 7) is 2.85. The summed E-state index contributed by atoms with van der Waals surface area (Å²) in [5, 5.41) is 1.08. The zero-order chi connectivity index (χ0) is 9.97. The molecule has 1 unspecified atom stereocenters. The number of nitrogens with zero attached hydrogens (tertiary/aromatic N) is 3. The van der Waals surface area contributed by atoms with E-state index in [4.69, 9.17) is 5.73 Å². The maximum Gasteiger partial charge on any atom is 0.143 e. The second-order valence-electron chi connectivity index (χ2n) is 3.45. The molecule has 0 aliphatic carbocycles. The Hall–Kier alpha value is -1.42. The second kappa shape index (κ2) is 3.75. The van der Waals surface area contributed by atoms with Crippen LogP contribution in [0.25, 0.3) is 11.0 Å². The molecule has 0 amide bonds. The predicted octanol–water partition coefficient (Wildman–Crippen LogP) is 1.34. The molecule has 1 atom stereocenters. The Bertz CT molecular complexity index is 421. The molecule has 2 aromatic rings. The number of hydrogen-bond acceptors (Lipinski definition) is 3. The number of rotatable bonds is 3. The van der Waals surface area contributed by atoms with Gasteiger partial charge < -0.3 is 10.3 Å². The van der Waals surface area contributed by atoms with Crippen molar-refractivity contribution in [1.29, 1.82) is 0 Å². The lowest BCUT2D eigenvalue weighted by Crippen LogP contribution is -2.10. The van der Waals surface area contributed by atoms with Crippen LogP contribution < -0.4 is 5.73 Å². The minimum absolute atomic E-state index is 0.396. The monoisotopic (exact) mass is 190 g/mol. The summed E-state index contributed by atoms with van der Waals surface area (Å²) in [4.78, 5) is 8.24. The van der Waals surface area contributed by atoms with Crippen LogP contribution in [0.1, 0.15) is 19.4 Å². The zero-order valence-corrected chi connectivity index (χ0v) is 8.22. The highest BCUT2D eigenvalue weighted by atomic mass is 15.1. The summed E-state index contributed by atoms with van der Waals surface area (Å²) < 4.78 is 2.14. The van der Waals surface area contributed by atoms with Crippen molar-refractivity contribution in [2.24, 2.45) is 5.73 Å². The van der Waals surface area contributed by atoms with Crippen LogP contribution in [-0.2, 0) is 0 Å². The van der Waals surface area contributed by atoms with Crippen LogP contribution in [0.4, 0.5) is 0 Å². The molecule has 2 aromatic heterocycles. The molecule has 0 saturated heterocycles. The molecule has 0 saturated carbocycles. The Morgan fingerprint density at radius 2 is 2.43 bits per heavy atom. The van der Waals surface area contributed by atoms with Crippen LogP contribution in [0.5, 0.6) is 0 Å². The van der Waals surface area contributed by atoms with Gasteiger partial charge in [-0.05, 0) is 26.0 Å². The Labute approximate surface area is 82.8 Å². The highest BCUT2D eigenvalue weighted by molar-refractivity contribution is 5.74. The van der Waals surface area contributed by atoms with E-state index in [1.54, 1.807) is 6.33 Å². The summed E-state index contributed by atoms with van der Waals surface area (Å²) in [6.07, 6.45) is 6.41. The molecule has 0 aliphatic heterocycles. The largest absolute Gasteiger partial charge is 0.330 e. The first-order valence-corrected chi connectivity index (χ1v) is 4.79. The molecule has 0 aliphatic rings. The fourth-order valence-electron chi connectivity index (χ4n) is 1.63. The summed E-state index contributed by atoms with van der Waals surface area (Å²) in [5.41, 5.74) is 6.52. The number of aromatic nitrogens is 3. The summed E-state index contributed by atoms with van der Waals surface area (Å²) >= 11 is 0. The van der Waals surface area contributed by atoms with Crippen LogP contribution >= 0.6 is 0 Å². The van der Waals surface area contributed by atoms with Crippen LogP contribution in [-0.4, -0.2) is 21.1 Å². The molecule has 2 rings (SSSR count).